The van der Waals surface area contributed by atoms with E-state index in [2.05, 4.69) is 4.98 Å². The highest BCUT2D eigenvalue weighted by molar-refractivity contribution is 7.10. The zero-order valence-electron chi connectivity index (χ0n) is 3.66. The first kappa shape index (κ1) is 4.53. The van der Waals surface area contributed by atoms with E-state index >= 15 is 0 Å². The molecule has 0 unspecified atom stereocenters. The third-order valence-electron chi connectivity index (χ3n) is 0.594. The van der Waals surface area contributed by atoms with Gasteiger partial charge >= 0.3 is 0 Å². The van der Waals surface area contributed by atoms with Crippen molar-refractivity contribution in [2.75, 3.05) is 0 Å². The predicted octanol–water partition coefficient (Wildman–Crippen LogP) is 1.59. The Bertz CT molecular complexity index is 143. The topological polar surface area (TPSA) is 12.9 Å². The Morgan fingerprint density at radius 1 is 1.86 bits per heavy atom. The normalized spacial score (nSPS) is 8.57. The summed E-state index contributed by atoms with van der Waals surface area (Å²) in [5.41, 5.74) is 0. The molecule has 0 bridgehead atoms. The minimum atomic E-state index is 0.875. The van der Waals surface area contributed by atoms with E-state index in [1.54, 1.807) is 6.20 Å². The fourth-order valence-electron chi connectivity index (χ4n) is 0.317. The Morgan fingerprint density at radius 3 is 3.00 bits per heavy atom. The number of nitrogens with zero attached hydrogens (tertiary/aromatic N) is 1. The molecule has 0 amide bonds. The van der Waals surface area contributed by atoms with E-state index in [1.807, 2.05) is 5.38 Å². The van der Waals surface area contributed by atoms with E-state index in [-0.39, 0.29) is 0 Å². The SMILES string of the molecule is [CH]=Cc1nccs1. The van der Waals surface area contributed by atoms with Gasteiger partial charge in [-0.2, -0.15) is 0 Å². The van der Waals surface area contributed by atoms with E-state index in [4.69, 9.17) is 6.58 Å². The van der Waals surface area contributed by atoms with Gasteiger partial charge in [0.2, 0.25) is 0 Å². The van der Waals surface area contributed by atoms with Gasteiger partial charge in [0.1, 0.15) is 5.01 Å². The molecule has 1 rings (SSSR count). The van der Waals surface area contributed by atoms with Crippen LogP contribution in [-0.2, 0) is 0 Å². The van der Waals surface area contributed by atoms with Gasteiger partial charge in [0.15, 0.2) is 0 Å². The standard InChI is InChI=1S/C5H4NS/c1-2-5-6-3-4-7-5/h1-4H. The molecule has 0 aromatic carbocycles. The van der Waals surface area contributed by atoms with E-state index in [0.29, 0.717) is 0 Å². The molecule has 35 valence electrons. The van der Waals surface area contributed by atoms with E-state index in [9.17, 15) is 0 Å². The first-order valence-electron chi connectivity index (χ1n) is 1.88. The lowest BCUT2D eigenvalue weighted by Crippen LogP contribution is -1.58. The van der Waals surface area contributed by atoms with Gasteiger partial charge in [0.05, 0.1) is 0 Å². The Kier molecular flexibility index (Phi) is 1.22. The number of thiazole rings is 1. The lowest BCUT2D eigenvalue weighted by atomic mass is 10.7. The van der Waals surface area contributed by atoms with E-state index in [0.717, 1.165) is 5.01 Å². The van der Waals surface area contributed by atoms with Crippen molar-refractivity contribution in [3.63, 3.8) is 0 Å². The smallest absolute Gasteiger partial charge is 0.115 e. The van der Waals surface area contributed by atoms with Crippen molar-refractivity contribution >= 4 is 17.4 Å². The van der Waals surface area contributed by atoms with Crippen molar-refractivity contribution in [1.29, 1.82) is 0 Å². The largest absolute Gasteiger partial charge is 0.245 e. The maximum absolute atomic E-state index is 5.12. The number of aromatic nitrogens is 1. The van der Waals surface area contributed by atoms with Crippen LogP contribution in [0.1, 0.15) is 5.01 Å². The molecule has 0 N–H and O–H groups in total. The highest BCUT2D eigenvalue weighted by Crippen LogP contribution is 2.02. The molecule has 0 aliphatic heterocycles. The summed E-state index contributed by atoms with van der Waals surface area (Å²) in [4.78, 5) is 3.87. The average molecular weight is 110 g/mol. The number of rotatable bonds is 1. The first-order valence-corrected chi connectivity index (χ1v) is 2.76. The molecule has 1 aromatic heterocycles. The summed E-state index contributed by atoms with van der Waals surface area (Å²) in [7, 11) is 0. The Hall–Kier alpha value is -0.630. The van der Waals surface area contributed by atoms with Gasteiger partial charge in [-0.25, -0.2) is 4.98 Å². The molecule has 1 nitrogen and oxygen atoms in total. The summed E-state index contributed by atoms with van der Waals surface area (Å²) < 4.78 is 0. The molecule has 0 saturated heterocycles. The fraction of sp³-hybridized carbons (Fsp3) is 0. The van der Waals surface area contributed by atoms with Gasteiger partial charge in [0.25, 0.3) is 0 Å². The highest BCUT2D eigenvalue weighted by Gasteiger charge is 1.80. The van der Waals surface area contributed by atoms with Crippen molar-refractivity contribution in [2.24, 2.45) is 0 Å². The van der Waals surface area contributed by atoms with Crippen LogP contribution >= 0.6 is 11.3 Å². The minimum absolute atomic E-state index is 0.875. The van der Waals surface area contributed by atoms with Crippen LogP contribution in [0.3, 0.4) is 0 Å². The molecule has 1 aromatic rings. The van der Waals surface area contributed by atoms with Crippen LogP contribution in [0.25, 0.3) is 6.08 Å². The summed E-state index contributed by atoms with van der Waals surface area (Å²) in [5.74, 6) is 0. The summed E-state index contributed by atoms with van der Waals surface area (Å²) in [5, 5.41) is 2.76. The molecule has 2 heteroatoms. The second-order valence-corrected chi connectivity index (χ2v) is 1.96. The van der Waals surface area contributed by atoms with Crippen LogP contribution in [0.5, 0.6) is 0 Å². The lowest BCUT2D eigenvalue weighted by molar-refractivity contribution is 1.40. The van der Waals surface area contributed by atoms with Crippen LogP contribution in [0.4, 0.5) is 0 Å². The molecular formula is C5H4NS. The fourth-order valence-corrected chi connectivity index (χ4v) is 0.778. The van der Waals surface area contributed by atoms with Gasteiger partial charge in [-0.05, 0) is 6.08 Å². The zero-order chi connectivity index (χ0) is 5.11. The molecule has 7 heavy (non-hydrogen) atoms. The third-order valence-corrected chi connectivity index (χ3v) is 1.33. The van der Waals surface area contributed by atoms with E-state index < -0.39 is 0 Å². The number of hydrogen-bond acceptors (Lipinski definition) is 2. The molecule has 1 heterocycles. The lowest BCUT2D eigenvalue weighted by Gasteiger charge is -1.69. The maximum atomic E-state index is 5.12. The van der Waals surface area contributed by atoms with Crippen LogP contribution in [0.2, 0.25) is 0 Å². The summed E-state index contributed by atoms with van der Waals surface area (Å²) >= 11 is 1.53. The molecule has 0 saturated carbocycles. The number of hydrogen-bond donors (Lipinski definition) is 0. The van der Waals surface area contributed by atoms with E-state index in [1.165, 1.54) is 17.4 Å². The molecular weight excluding hydrogens is 106 g/mol. The average Bonchev–Trinajstić information content (AvgIpc) is 2.14. The van der Waals surface area contributed by atoms with Crippen molar-refractivity contribution in [3.05, 3.63) is 23.2 Å². The Balaban J connectivity index is 2.96. The van der Waals surface area contributed by atoms with Crippen molar-refractivity contribution in [1.82, 2.24) is 4.98 Å². The van der Waals surface area contributed by atoms with Crippen LogP contribution < -0.4 is 0 Å². The van der Waals surface area contributed by atoms with Gasteiger partial charge in [-0.15, -0.1) is 11.3 Å². The summed E-state index contributed by atoms with van der Waals surface area (Å²) in [6.07, 6.45) is 3.22. The third kappa shape index (κ3) is 0.871. The molecule has 0 spiro atoms. The minimum Gasteiger partial charge on any atom is -0.245 e. The highest BCUT2D eigenvalue weighted by atomic mass is 32.1. The first-order chi connectivity index (χ1) is 3.43. The summed E-state index contributed by atoms with van der Waals surface area (Å²) in [6, 6.07) is 0. The molecule has 0 fully saturated rings. The second kappa shape index (κ2) is 1.89. The molecule has 1 radical (unpaired) electrons. The summed E-state index contributed by atoms with van der Waals surface area (Å²) in [6.45, 7) is 5.12. The predicted molar refractivity (Wildman–Crippen MR) is 30.9 cm³/mol. The van der Waals surface area contributed by atoms with Crippen molar-refractivity contribution < 1.29 is 0 Å². The Labute approximate surface area is 46.3 Å². The van der Waals surface area contributed by atoms with Gasteiger partial charge < -0.3 is 0 Å². The van der Waals surface area contributed by atoms with Gasteiger partial charge in [-0.3, -0.25) is 0 Å². The van der Waals surface area contributed by atoms with Gasteiger partial charge in [-0.1, -0.05) is 6.58 Å². The monoisotopic (exact) mass is 110 g/mol. The van der Waals surface area contributed by atoms with Crippen molar-refractivity contribution in [2.45, 2.75) is 0 Å². The molecule has 0 aliphatic rings. The quantitative estimate of drug-likeness (QED) is 0.535. The van der Waals surface area contributed by atoms with Crippen molar-refractivity contribution in [3.8, 4) is 0 Å². The maximum Gasteiger partial charge on any atom is 0.115 e. The Morgan fingerprint density at radius 2 is 2.71 bits per heavy atom. The van der Waals surface area contributed by atoms with Crippen LogP contribution in [0, 0.1) is 6.58 Å². The van der Waals surface area contributed by atoms with Gasteiger partial charge in [0, 0.05) is 11.6 Å². The van der Waals surface area contributed by atoms with Crippen LogP contribution in [-0.4, -0.2) is 4.98 Å². The zero-order valence-corrected chi connectivity index (χ0v) is 4.48. The molecule has 0 atom stereocenters. The molecule has 0 aliphatic carbocycles. The second-order valence-electron chi connectivity index (χ2n) is 1.04. The van der Waals surface area contributed by atoms with Crippen LogP contribution in [0.15, 0.2) is 11.6 Å².